The Kier molecular flexibility index (Phi) is 2.95. The van der Waals surface area contributed by atoms with E-state index in [4.69, 9.17) is 4.74 Å². The highest BCUT2D eigenvalue weighted by Gasteiger charge is 2.29. The SMILES string of the molecule is COc1ccc(C2CNC(=O)C2)c([N+](=O)[O-])c1. The topological polar surface area (TPSA) is 81.5 Å². The molecular weight excluding hydrogens is 224 g/mol. The van der Waals surface area contributed by atoms with Crippen molar-refractivity contribution < 1.29 is 14.5 Å². The first-order chi connectivity index (χ1) is 8.11. The number of amides is 1. The van der Waals surface area contributed by atoms with Crippen LogP contribution in [0.15, 0.2) is 18.2 Å². The Labute approximate surface area is 97.7 Å². The van der Waals surface area contributed by atoms with Gasteiger partial charge in [-0.05, 0) is 12.1 Å². The maximum absolute atomic E-state index is 11.1. The first-order valence-electron chi connectivity index (χ1n) is 5.21. The van der Waals surface area contributed by atoms with Crippen LogP contribution in [0.4, 0.5) is 5.69 Å². The first-order valence-corrected chi connectivity index (χ1v) is 5.21. The van der Waals surface area contributed by atoms with Gasteiger partial charge in [0.1, 0.15) is 5.75 Å². The molecule has 1 saturated heterocycles. The highest BCUT2D eigenvalue weighted by atomic mass is 16.6. The number of hydrogen-bond acceptors (Lipinski definition) is 4. The Morgan fingerprint density at radius 3 is 2.82 bits per heavy atom. The molecule has 1 fully saturated rings. The number of carbonyl (C=O) groups excluding carboxylic acids is 1. The molecule has 6 nitrogen and oxygen atoms in total. The van der Waals surface area contributed by atoms with Crippen LogP contribution < -0.4 is 10.1 Å². The van der Waals surface area contributed by atoms with Crippen LogP contribution in [0.1, 0.15) is 17.9 Å². The van der Waals surface area contributed by atoms with E-state index in [-0.39, 0.29) is 17.5 Å². The van der Waals surface area contributed by atoms with E-state index in [1.54, 1.807) is 12.1 Å². The molecule has 2 rings (SSSR count). The van der Waals surface area contributed by atoms with Gasteiger partial charge in [0, 0.05) is 24.4 Å². The number of ether oxygens (including phenoxy) is 1. The van der Waals surface area contributed by atoms with Crippen molar-refractivity contribution in [3.8, 4) is 5.75 Å². The molecule has 1 aliphatic rings. The summed E-state index contributed by atoms with van der Waals surface area (Å²) < 4.78 is 4.96. The van der Waals surface area contributed by atoms with Crippen LogP contribution in [0.2, 0.25) is 0 Å². The van der Waals surface area contributed by atoms with E-state index < -0.39 is 4.92 Å². The largest absolute Gasteiger partial charge is 0.497 e. The van der Waals surface area contributed by atoms with Crippen LogP contribution in [0.5, 0.6) is 5.75 Å². The number of nitrogens with one attached hydrogen (secondary N) is 1. The normalized spacial score (nSPS) is 18.9. The Hall–Kier alpha value is -2.11. The lowest BCUT2D eigenvalue weighted by Gasteiger charge is -2.09. The van der Waals surface area contributed by atoms with Gasteiger partial charge in [-0.2, -0.15) is 0 Å². The number of nitro groups is 1. The summed E-state index contributed by atoms with van der Waals surface area (Å²) in [6.07, 6.45) is 0.299. The fourth-order valence-electron chi connectivity index (χ4n) is 1.98. The number of hydrogen-bond donors (Lipinski definition) is 1. The summed E-state index contributed by atoms with van der Waals surface area (Å²) in [7, 11) is 1.46. The highest BCUT2D eigenvalue weighted by molar-refractivity contribution is 5.79. The zero-order chi connectivity index (χ0) is 12.4. The summed E-state index contributed by atoms with van der Waals surface area (Å²) in [4.78, 5) is 21.7. The molecule has 90 valence electrons. The standard InChI is InChI=1S/C11H12N2O4/c1-17-8-2-3-9(10(5-8)13(15)16)7-4-11(14)12-6-7/h2-3,5,7H,4,6H2,1H3,(H,12,14). The average molecular weight is 236 g/mol. The van der Waals surface area contributed by atoms with E-state index in [1.807, 2.05) is 0 Å². The molecule has 1 aromatic carbocycles. The number of rotatable bonds is 3. The molecule has 0 saturated carbocycles. The molecular formula is C11H12N2O4. The lowest BCUT2D eigenvalue weighted by Crippen LogP contribution is -2.13. The van der Waals surface area contributed by atoms with Gasteiger partial charge in [-0.1, -0.05) is 0 Å². The molecule has 1 atom stereocenters. The monoisotopic (exact) mass is 236 g/mol. The summed E-state index contributed by atoms with van der Waals surface area (Å²) >= 11 is 0. The maximum Gasteiger partial charge on any atom is 0.276 e. The third kappa shape index (κ3) is 2.20. The van der Waals surface area contributed by atoms with E-state index in [1.165, 1.54) is 13.2 Å². The summed E-state index contributed by atoms with van der Waals surface area (Å²) in [5.41, 5.74) is 0.583. The van der Waals surface area contributed by atoms with Crippen LogP contribution in [-0.4, -0.2) is 24.5 Å². The Morgan fingerprint density at radius 2 is 2.29 bits per heavy atom. The second-order valence-electron chi connectivity index (χ2n) is 3.89. The molecule has 1 unspecified atom stereocenters. The third-order valence-corrected chi connectivity index (χ3v) is 2.85. The van der Waals surface area contributed by atoms with Crippen molar-refractivity contribution in [3.63, 3.8) is 0 Å². The number of benzene rings is 1. The van der Waals surface area contributed by atoms with Crippen molar-refractivity contribution in [2.45, 2.75) is 12.3 Å². The number of nitro benzene ring substituents is 1. The van der Waals surface area contributed by atoms with E-state index in [0.29, 0.717) is 24.3 Å². The zero-order valence-corrected chi connectivity index (χ0v) is 9.30. The van der Waals surface area contributed by atoms with Gasteiger partial charge in [-0.3, -0.25) is 14.9 Å². The Morgan fingerprint density at radius 1 is 1.53 bits per heavy atom. The molecule has 1 N–H and O–H groups in total. The van der Waals surface area contributed by atoms with Crippen molar-refractivity contribution in [1.29, 1.82) is 0 Å². The predicted molar refractivity (Wildman–Crippen MR) is 60.0 cm³/mol. The summed E-state index contributed by atoms with van der Waals surface area (Å²) in [5.74, 6) is 0.242. The van der Waals surface area contributed by atoms with Crippen molar-refractivity contribution in [2.24, 2.45) is 0 Å². The lowest BCUT2D eigenvalue weighted by molar-refractivity contribution is -0.385. The molecule has 0 aromatic heterocycles. The number of carbonyl (C=O) groups is 1. The second kappa shape index (κ2) is 4.40. The molecule has 17 heavy (non-hydrogen) atoms. The molecule has 0 radical (unpaired) electrons. The Balaban J connectivity index is 2.39. The van der Waals surface area contributed by atoms with Gasteiger partial charge in [0.25, 0.3) is 5.69 Å². The van der Waals surface area contributed by atoms with E-state index in [9.17, 15) is 14.9 Å². The van der Waals surface area contributed by atoms with E-state index >= 15 is 0 Å². The quantitative estimate of drug-likeness (QED) is 0.631. The first kappa shape index (κ1) is 11.4. The fourth-order valence-corrected chi connectivity index (χ4v) is 1.98. The molecule has 0 aliphatic carbocycles. The molecule has 1 aromatic rings. The molecule has 1 amide bonds. The van der Waals surface area contributed by atoms with Crippen molar-refractivity contribution in [2.75, 3.05) is 13.7 Å². The lowest BCUT2D eigenvalue weighted by atomic mass is 9.96. The minimum absolute atomic E-state index is 0.00542. The van der Waals surface area contributed by atoms with Crippen molar-refractivity contribution >= 4 is 11.6 Å². The van der Waals surface area contributed by atoms with Gasteiger partial charge in [-0.25, -0.2) is 0 Å². The van der Waals surface area contributed by atoms with Crippen LogP contribution in [0, 0.1) is 10.1 Å². The minimum Gasteiger partial charge on any atom is -0.497 e. The third-order valence-electron chi connectivity index (χ3n) is 2.85. The van der Waals surface area contributed by atoms with Gasteiger partial charge in [-0.15, -0.1) is 0 Å². The van der Waals surface area contributed by atoms with Gasteiger partial charge >= 0.3 is 0 Å². The predicted octanol–water partition coefficient (Wildman–Crippen LogP) is 1.21. The smallest absolute Gasteiger partial charge is 0.276 e. The van der Waals surface area contributed by atoms with Gasteiger partial charge in [0.2, 0.25) is 5.91 Å². The molecule has 6 heteroatoms. The van der Waals surface area contributed by atoms with Crippen LogP contribution in [-0.2, 0) is 4.79 Å². The van der Waals surface area contributed by atoms with Crippen LogP contribution >= 0.6 is 0 Å². The van der Waals surface area contributed by atoms with Gasteiger partial charge < -0.3 is 10.1 Å². The van der Waals surface area contributed by atoms with Gasteiger partial charge in [0.05, 0.1) is 18.1 Å². The molecule has 0 bridgehead atoms. The van der Waals surface area contributed by atoms with Crippen LogP contribution in [0.3, 0.4) is 0 Å². The van der Waals surface area contributed by atoms with Crippen molar-refractivity contribution in [1.82, 2.24) is 5.32 Å². The molecule has 0 spiro atoms. The molecule has 1 heterocycles. The summed E-state index contributed by atoms with van der Waals surface area (Å²) in [6, 6.07) is 4.71. The zero-order valence-electron chi connectivity index (χ0n) is 9.30. The summed E-state index contributed by atoms with van der Waals surface area (Å²) in [6.45, 7) is 0.450. The molecule has 1 aliphatic heterocycles. The maximum atomic E-state index is 11.1. The average Bonchev–Trinajstić information content (AvgIpc) is 2.75. The number of nitrogens with zero attached hydrogens (tertiary/aromatic N) is 1. The minimum atomic E-state index is -0.444. The van der Waals surface area contributed by atoms with Crippen LogP contribution in [0.25, 0.3) is 0 Å². The summed E-state index contributed by atoms with van der Waals surface area (Å²) in [5, 5.41) is 13.6. The van der Waals surface area contributed by atoms with E-state index in [2.05, 4.69) is 5.32 Å². The second-order valence-corrected chi connectivity index (χ2v) is 3.89. The number of methoxy groups -OCH3 is 1. The van der Waals surface area contributed by atoms with Crippen molar-refractivity contribution in [3.05, 3.63) is 33.9 Å². The fraction of sp³-hybridized carbons (Fsp3) is 0.364. The van der Waals surface area contributed by atoms with Gasteiger partial charge in [0.15, 0.2) is 0 Å². The van der Waals surface area contributed by atoms with E-state index in [0.717, 1.165) is 0 Å². The highest BCUT2D eigenvalue weighted by Crippen LogP contribution is 2.33. The Bertz CT molecular complexity index is 473.